The lowest BCUT2D eigenvalue weighted by Crippen LogP contribution is -2.28. The molecule has 0 fully saturated rings. The standard InChI is InChI=1S/C14H18N2O3/c1-9-6-10(8-19-9)14(16-15)12-5-4-11(17-2)7-13(12)18-3/h4-8,14,16H,15H2,1-3H3. The topological polar surface area (TPSA) is 69.7 Å². The fourth-order valence-electron chi connectivity index (χ4n) is 2.04. The minimum absolute atomic E-state index is 0.196. The number of methoxy groups -OCH3 is 2. The molecular weight excluding hydrogens is 244 g/mol. The van der Waals surface area contributed by atoms with Crippen molar-refractivity contribution >= 4 is 0 Å². The lowest BCUT2D eigenvalue weighted by atomic mass is 10.0. The Balaban J connectivity index is 2.43. The second-order valence-corrected chi connectivity index (χ2v) is 4.20. The van der Waals surface area contributed by atoms with Gasteiger partial charge in [-0.25, -0.2) is 5.43 Å². The molecule has 0 bridgehead atoms. The third-order valence-corrected chi connectivity index (χ3v) is 3.00. The smallest absolute Gasteiger partial charge is 0.127 e. The van der Waals surface area contributed by atoms with Gasteiger partial charge in [-0.15, -0.1) is 0 Å². The molecule has 2 rings (SSSR count). The van der Waals surface area contributed by atoms with Crippen molar-refractivity contribution in [3.63, 3.8) is 0 Å². The van der Waals surface area contributed by atoms with Crippen LogP contribution in [0.1, 0.15) is 22.9 Å². The summed E-state index contributed by atoms with van der Waals surface area (Å²) in [6.07, 6.45) is 1.68. The summed E-state index contributed by atoms with van der Waals surface area (Å²) in [7, 11) is 3.24. The number of furan rings is 1. The number of ether oxygens (including phenoxy) is 2. The molecule has 3 N–H and O–H groups in total. The number of nitrogens with one attached hydrogen (secondary N) is 1. The van der Waals surface area contributed by atoms with E-state index in [0.29, 0.717) is 5.75 Å². The van der Waals surface area contributed by atoms with Gasteiger partial charge in [0, 0.05) is 17.2 Å². The molecule has 1 atom stereocenters. The van der Waals surface area contributed by atoms with Crippen molar-refractivity contribution in [1.82, 2.24) is 5.43 Å². The van der Waals surface area contributed by atoms with Gasteiger partial charge in [-0.05, 0) is 25.1 Å². The highest BCUT2D eigenvalue weighted by molar-refractivity contribution is 5.45. The zero-order chi connectivity index (χ0) is 13.8. The van der Waals surface area contributed by atoms with E-state index in [2.05, 4.69) is 5.43 Å². The van der Waals surface area contributed by atoms with E-state index >= 15 is 0 Å². The van der Waals surface area contributed by atoms with Crippen LogP contribution in [-0.4, -0.2) is 14.2 Å². The average Bonchev–Trinajstić information content (AvgIpc) is 2.86. The summed E-state index contributed by atoms with van der Waals surface area (Å²) in [4.78, 5) is 0. The maximum absolute atomic E-state index is 5.66. The summed E-state index contributed by atoms with van der Waals surface area (Å²) in [6, 6.07) is 7.36. The molecule has 0 aliphatic heterocycles. The molecule has 1 aromatic heterocycles. The highest BCUT2D eigenvalue weighted by Gasteiger charge is 2.19. The van der Waals surface area contributed by atoms with Gasteiger partial charge in [0.1, 0.15) is 17.3 Å². The minimum Gasteiger partial charge on any atom is -0.497 e. The average molecular weight is 262 g/mol. The molecule has 19 heavy (non-hydrogen) atoms. The Bertz CT molecular complexity index is 551. The van der Waals surface area contributed by atoms with Gasteiger partial charge in [0.2, 0.25) is 0 Å². The normalized spacial score (nSPS) is 12.2. The van der Waals surface area contributed by atoms with Crippen LogP contribution in [0.15, 0.2) is 34.9 Å². The summed E-state index contributed by atoms with van der Waals surface area (Å²) in [5.74, 6) is 7.94. The van der Waals surface area contributed by atoms with Gasteiger partial charge in [0.05, 0.1) is 26.5 Å². The van der Waals surface area contributed by atoms with Gasteiger partial charge in [-0.1, -0.05) is 0 Å². The summed E-state index contributed by atoms with van der Waals surface area (Å²) >= 11 is 0. The van der Waals surface area contributed by atoms with Crippen LogP contribution >= 0.6 is 0 Å². The van der Waals surface area contributed by atoms with Gasteiger partial charge < -0.3 is 13.9 Å². The fourth-order valence-corrected chi connectivity index (χ4v) is 2.04. The van der Waals surface area contributed by atoms with Crippen molar-refractivity contribution in [3.8, 4) is 11.5 Å². The second-order valence-electron chi connectivity index (χ2n) is 4.20. The third kappa shape index (κ3) is 2.72. The minimum atomic E-state index is -0.196. The van der Waals surface area contributed by atoms with E-state index in [0.717, 1.165) is 22.6 Å². The third-order valence-electron chi connectivity index (χ3n) is 3.00. The molecule has 0 saturated carbocycles. The lowest BCUT2D eigenvalue weighted by Gasteiger charge is -2.18. The summed E-state index contributed by atoms with van der Waals surface area (Å²) in [5, 5.41) is 0. The molecular formula is C14H18N2O3. The molecule has 1 heterocycles. The van der Waals surface area contributed by atoms with Gasteiger partial charge in [-0.3, -0.25) is 5.84 Å². The summed E-state index contributed by atoms with van der Waals surface area (Å²) in [5.41, 5.74) is 4.65. The number of hydrogen-bond acceptors (Lipinski definition) is 5. The van der Waals surface area contributed by atoms with Crippen LogP contribution in [-0.2, 0) is 0 Å². The van der Waals surface area contributed by atoms with Gasteiger partial charge in [-0.2, -0.15) is 0 Å². The first-order valence-electron chi connectivity index (χ1n) is 5.92. The molecule has 0 radical (unpaired) electrons. The zero-order valence-corrected chi connectivity index (χ0v) is 11.3. The first-order chi connectivity index (χ1) is 9.19. The Morgan fingerprint density at radius 2 is 2.00 bits per heavy atom. The molecule has 0 saturated heterocycles. The van der Waals surface area contributed by atoms with E-state index in [1.807, 2.05) is 31.2 Å². The largest absolute Gasteiger partial charge is 0.497 e. The number of rotatable bonds is 5. The molecule has 0 aliphatic carbocycles. The van der Waals surface area contributed by atoms with E-state index in [-0.39, 0.29) is 6.04 Å². The van der Waals surface area contributed by atoms with Crippen molar-refractivity contribution in [2.45, 2.75) is 13.0 Å². The molecule has 1 aromatic carbocycles. The van der Waals surface area contributed by atoms with E-state index in [4.69, 9.17) is 19.7 Å². The maximum Gasteiger partial charge on any atom is 0.127 e. The van der Waals surface area contributed by atoms with Gasteiger partial charge in [0.15, 0.2) is 0 Å². The van der Waals surface area contributed by atoms with E-state index in [9.17, 15) is 0 Å². The van der Waals surface area contributed by atoms with E-state index in [1.54, 1.807) is 20.5 Å². The number of hydrazine groups is 1. The second kappa shape index (κ2) is 5.77. The molecule has 2 aromatic rings. The monoisotopic (exact) mass is 262 g/mol. The van der Waals surface area contributed by atoms with Crippen molar-refractivity contribution in [2.24, 2.45) is 5.84 Å². The molecule has 0 spiro atoms. The Morgan fingerprint density at radius 1 is 1.21 bits per heavy atom. The predicted molar refractivity (Wildman–Crippen MR) is 72.2 cm³/mol. The van der Waals surface area contributed by atoms with Crippen LogP contribution in [0.4, 0.5) is 0 Å². The van der Waals surface area contributed by atoms with E-state index in [1.165, 1.54) is 0 Å². The van der Waals surface area contributed by atoms with Crippen LogP contribution in [0.5, 0.6) is 11.5 Å². The molecule has 1 unspecified atom stereocenters. The molecule has 5 nitrogen and oxygen atoms in total. The van der Waals surface area contributed by atoms with Crippen LogP contribution in [0.3, 0.4) is 0 Å². The first-order valence-corrected chi connectivity index (χ1v) is 5.92. The first kappa shape index (κ1) is 13.5. The van der Waals surface area contributed by atoms with Crippen molar-refractivity contribution in [3.05, 3.63) is 47.4 Å². The van der Waals surface area contributed by atoms with Crippen LogP contribution in [0, 0.1) is 6.92 Å². The number of hydrogen-bond donors (Lipinski definition) is 2. The van der Waals surface area contributed by atoms with E-state index < -0.39 is 0 Å². The number of nitrogens with two attached hydrogens (primary N) is 1. The molecule has 102 valence electrons. The summed E-state index contributed by atoms with van der Waals surface area (Å²) < 4.78 is 15.9. The quantitative estimate of drug-likeness (QED) is 0.638. The predicted octanol–water partition coefficient (Wildman–Crippen LogP) is 2.16. The van der Waals surface area contributed by atoms with Gasteiger partial charge in [0.25, 0.3) is 0 Å². The highest BCUT2D eigenvalue weighted by Crippen LogP contribution is 2.33. The van der Waals surface area contributed by atoms with Crippen molar-refractivity contribution < 1.29 is 13.9 Å². The van der Waals surface area contributed by atoms with Crippen LogP contribution < -0.4 is 20.7 Å². The van der Waals surface area contributed by atoms with Gasteiger partial charge >= 0.3 is 0 Å². The molecule has 0 aliphatic rings. The van der Waals surface area contributed by atoms with Crippen molar-refractivity contribution in [2.75, 3.05) is 14.2 Å². The maximum atomic E-state index is 5.66. The Hall–Kier alpha value is -1.98. The Labute approximate surface area is 112 Å². The summed E-state index contributed by atoms with van der Waals surface area (Å²) in [6.45, 7) is 1.89. The Kier molecular flexibility index (Phi) is 4.09. The lowest BCUT2D eigenvalue weighted by molar-refractivity contribution is 0.387. The highest BCUT2D eigenvalue weighted by atomic mass is 16.5. The number of benzene rings is 1. The SMILES string of the molecule is COc1ccc(C(NN)c2coc(C)c2)c(OC)c1. The zero-order valence-electron chi connectivity index (χ0n) is 11.3. The molecule has 0 amide bonds. The Morgan fingerprint density at radius 3 is 2.53 bits per heavy atom. The van der Waals surface area contributed by atoms with Crippen molar-refractivity contribution in [1.29, 1.82) is 0 Å². The molecule has 5 heteroatoms. The fraction of sp³-hybridized carbons (Fsp3) is 0.286. The van der Waals surface area contributed by atoms with Crippen LogP contribution in [0.2, 0.25) is 0 Å². The van der Waals surface area contributed by atoms with Crippen LogP contribution in [0.25, 0.3) is 0 Å². The number of aryl methyl sites for hydroxylation is 1.